The number of alkyl halides is 1. The molecule has 0 amide bonds. The highest BCUT2D eigenvalue weighted by Gasteiger charge is 2.17. The van der Waals surface area contributed by atoms with Crippen LogP contribution in [0.2, 0.25) is 0 Å². The zero-order chi connectivity index (χ0) is 15.0. The lowest BCUT2D eigenvalue weighted by atomic mass is 10.2. The Morgan fingerprint density at radius 3 is 2.71 bits per heavy atom. The summed E-state index contributed by atoms with van der Waals surface area (Å²) in [4.78, 5) is 4.39. The van der Waals surface area contributed by atoms with Crippen molar-refractivity contribution in [3.05, 3.63) is 53.9 Å². The molecule has 1 heterocycles. The molecule has 2 aromatic carbocycles. The predicted octanol–water partition coefficient (Wildman–Crippen LogP) is 4.05. The number of nitrogens with zero attached hydrogens (tertiary/aromatic N) is 2. The summed E-state index contributed by atoms with van der Waals surface area (Å²) >= 11 is 5.91. The highest BCUT2D eigenvalue weighted by molar-refractivity contribution is 6.17. The highest BCUT2D eigenvalue weighted by Crippen LogP contribution is 2.30. The normalized spacial score (nSPS) is 11.0. The van der Waals surface area contributed by atoms with E-state index >= 15 is 0 Å². The second-order valence-corrected chi connectivity index (χ2v) is 4.69. The van der Waals surface area contributed by atoms with Crippen molar-refractivity contribution in [3.8, 4) is 11.4 Å². The molecule has 3 nitrogen and oxygen atoms in total. The van der Waals surface area contributed by atoms with Crippen LogP contribution >= 0.6 is 11.6 Å². The van der Waals surface area contributed by atoms with Gasteiger partial charge in [-0.05, 0) is 24.3 Å². The van der Waals surface area contributed by atoms with E-state index in [-0.39, 0.29) is 11.6 Å². The van der Waals surface area contributed by atoms with E-state index in [1.165, 1.54) is 19.2 Å². The van der Waals surface area contributed by atoms with Gasteiger partial charge in [-0.15, -0.1) is 11.6 Å². The molecule has 0 saturated carbocycles. The molecule has 21 heavy (non-hydrogen) atoms. The fourth-order valence-electron chi connectivity index (χ4n) is 2.31. The first kappa shape index (κ1) is 13.8. The number of halogens is 3. The first-order chi connectivity index (χ1) is 10.2. The maximum atomic E-state index is 14.1. The number of hydrogen-bond donors (Lipinski definition) is 0. The molecule has 3 aromatic rings. The summed E-state index contributed by atoms with van der Waals surface area (Å²) in [6.07, 6.45) is 0. The Balaban J connectivity index is 2.35. The lowest BCUT2D eigenvalue weighted by molar-refractivity contribution is 0.419. The Labute approximate surface area is 124 Å². The number of hydrogen-bond acceptors (Lipinski definition) is 2. The van der Waals surface area contributed by atoms with E-state index < -0.39 is 11.6 Å². The summed E-state index contributed by atoms with van der Waals surface area (Å²) in [6, 6.07) is 8.71. The number of aromatic nitrogens is 2. The summed E-state index contributed by atoms with van der Waals surface area (Å²) in [7, 11) is 1.53. The standard InChI is InChI=1S/C15H11ClF2N2O/c1-21-13-4-2-3-12-15(13)19-14(8-16)20(12)11-6-5-9(17)7-10(11)18/h2-7H,8H2,1H3. The first-order valence-corrected chi connectivity index (χ1v) is 6.75. The highest BCUT2D eigenvalue weighted by atomic mass is 35.5. The fourth-order valence-corrected chi connectivity index (χ4v) is 2.49. The molecular formula is C15H11ClF2N2O. The summed E-state index contributed by atoms with van der Waals surface area (Å²) in [5.74, 6) is -0.190. The monoisotopic (exact) mass is 308 g/mol. The van der Waals surface area contributed by atoms with Crippen LogP contribution in [0.5, 0.6) is 5.75 Å². The molecule has 0 atom stereocenters. The van der Waals surface area contributed by atoms with Gasteiger partial charge in [-0.2, -0.15) is 0 Å². The van der Waals surface area contributed by atoms with Gasteiger partial charge in [0, 0.05) is 6.07 Å². The molecule has 0 aliphatic carbocycles. The molecule has 0 radical (unpaired) electrons. The molecule has 0 saturated heterocycles. The lowest BCUT2D eigenvalue weighted by Gasteiger charge is -2.09. The second kappa shape index (κ2) is 5.33. The Morgan fingerprint density at radius 1 is 1.24 bits per heavy atom. The van der Waals surface area contributed by atoms with Crippen molar-refractivity contribution >= 4 is 22.6 Å². The van der Waals surface area contributed by atoms with Crippen LogP contribution in [-0.4, -0.2) is 16.7 Å². The van der Waals surface area contributed by atoms with Crippen molar-refractivity contribution < 1.29 is 13.5 Å². The second-order valence-electron chi connectivity index (χ2n) is 4.42. The molecule has 1 aromatic heterocycles. The minimum Gasteiger partial charge on any atom is -0.494 e. The Morgan fingerprint density at radius 2 is 2.05 bits per heavy atom. The van der Waals surface area contributed by atoms with Gasteiger partial charge in [0.05, 0.1) is 24.2 Å². The van der Waals surface area contributed by atoms with E-state index in [4.69, 9.17) is 16.3 Å². The molecule has 0 fully saturated rings. The van der Waals surface area contributed by atoms with Gasteiger partial charge < -0.3 is 4.74 Å². The number of rotatable bonds is 3. The Kier molecular flexibility index (Phi) is 3.51. The van der Waals surface area contributed by atoms with Gasteiger partial charge in [-0.25, -0.2) is 13.8 Å². The summed E-state index contributed by atoms with van der Waals surface area (Å²) in [5, 5.41) is 0. The number of fused-ring (bicyclic) bond motifs is 1. The third-order valence-corrected chi connectivity index (χ3v) is 3.45. The zero-order valence-electron chi connectivity index (χ0n) is 11.1. The molecule has 0 aliphatic heterocycles. The smallest absolute Gasteiger partial charge is 0.150 e. The summed E-state index contributed by atoms with van der Waals surface area (Å²) < 4.78 is 34.0. The molecule has 0 bridgehead atoms. The number of ether oxygens (including phenoxy) is 1. The van der Waals surface area contributed by atoms with Crippen LogP contribution in [0.4, 0.5) is 8.78 Å². The first-order valence-electron chi connectivity index (χ1n) is 6.21. The summed E-state index contributed by atoms with van der Waals surface area (Å²) in [6.45, 7) is 0. The number of methoxy groups -OCH3 is 1. The van der Waals surface area contributed by atoms with E-state index in [1.54, 1.807) is 22.8 Å². The Hall–Kier alpha value is -2.14. The van der Waals surface area contributed by atoms with E-state index in [9.17, 15) is 8.78 Å². The van der Waals surface area contributed by atoms with Gasteiger partial charge in [0.25, 0.3) is 0 Å². The molecule has 0 N–H and O–H groups in total. The molecule has 6 heteroatoms. The van der Waals surface area contributed by atoms with Gasteiger partial charge >= 0.3 is 0 Å². The molecular weight excluding hydrogens is 298 g/mol. The van der Waals surface area contributed by atoms with Crippen LogP contribution in [0.1, 0.15) is 5.82 Å². The molecule has 3 rings (SSSR count). The predicted molar refractivity (Wildman–Crippen MR) is 77.1 cm³/mol. The van der Waals surface area contributed by atoms with Gasteiger partial charge in [0.2, 0.25) is 0 Å². The van der Waals surface area contributed by atoms with E-state index in [0.717, 1.165) is 6.07 Å². The van der Waals surface area contributed by atoms with Crippen molar-refractivity contribution in [1.29, 1.82) is 0 Å². The van der Waals surface area contributed by atoms with Crippen LogP contribution < -0.4 is 4.74 Å². The molecule has 108 valence electrons. The van der Waals surface area contributed by atoms with Gasteiger partial charge in [-0.3, -0.25) is 4.57 Å². The SMILES string of the molecule is COc1cccc2c1nc(CCl)n2-c1ccc(F)cc1F. The average molecular weight is 309 g/mol. The van der Waals surface area contributed by atoms with Crippen molar-refractivity contribution in [2.45, 2.75) is 5.88 Å². The maximum absolute atomic E-state index is 14.1. The minimum atomic E-state index is -0.677. The van der Waals surface area contributed by atoms with Crippen molar-refractivity contribution in [2.24, 2.45) is 0 Å². The van der Waals surface area contributed by atoms with Crippen LogP contribution in [0.25, 0.3) is 16.7 Å². The van der Waals surface area contributed by atoms with Gasteiger partial charge in [0.15, 0.2) is 0 Å². The molecule has 0 unspecified atom stereocenters. The van der Waals surface area contributed by atoms with Crippen LogP contribution in [-0.2, 0) is 5.88 Å². The molecule has 0 aliphatic rings. The minimum absolute atomic E-state index is 0.0919. The lowest BCUT2D eigenvalue weighted by Crippen LogP contribution is -2.02. The number of benzene rings is 2. The maximum Gasteiger partial charge on any atom is 0.150 e. The fraction of sp³-hybridized carbons (Fsp3) is 0.133. The number of para-hydroxylation sites is 1. The molecule has 0 spiro atoms. The van der Waals surface area contributed by atoms with Gasteiger partial charge in [0.1, 0.15) is 28.7 Å². The van der Waals surface area contributed by atoms with Crippen molar-refractivity contribution in [2.75, 3.05) is 7.11 Å². The summed E-state index contributed by atoms with van der Waals surface area (Å²) in [5.41, 5.74) is 1.43. The van der Waals surface area contributed by atoms with E-state index in [1.807, 2.05) is 0 Å². The van der Waals surface area contributed by atoms with E-state index in [0.29, 0.717) is 22.6 Å². The van der Waals surface area contributed by atoms with E-state index in [2.05, 4.69) is 4.98 Å². The topological polar surface area (TPSA) is 27.1 Å². The zero-order valence-corrected chi connectivity index (χ0v) is 11.9. The van der Waals surface area contributed by atoms with Crippen LogP contribution in [0.3, 0.4) is 0 Å². The average Bonchev–Trinajstić information content (AvgIpc) is 2.85. The van der Waals surface area contributed by atoms with Crippen LogP contribution in [0, 0.1) is 11.6 Å². The third kappa shape index (κ3) is 2.23. The largest absolute Gasteiger partial charge is 0.494 e. The number of imidazole rings is 1. The third-order valence-electron chi connectivity index (χ3n) is 3.21. The quantitative estimate of drug-likeness (QED) is 0.683. The van der Waals surface area contributed by atoms with Crippen molar-refractivity contribution in [1.82, 2.24) is 9.55 Å². The van der Waals surface area contributed by atoms with Gasteiger partial charge in [-0.1, -0.05) is 6.07 Å². The van der Waals surface area contributed by atoms with Crippen LogP contribution in [0.15, 0.2) is 36.4 Å². The van der Waals surface area contributed by atoms with Crippen molar-refractivity contribution in [3.63, 3.8) is 0 Å². The Bertz CT molecular complexity index is 817.